The first kappa shape index (κ1) is 11.1. The minimum Gasteiger partial charge on any atom is -0.343 e. The first-order valence-corrected chi connectivity index (χ1v) is 5.95. The van der Waals surface area contributed by atoms with Crippen LogP contribution in [0.2, 0.25) is 0 Å². The molecule has 94 valence electrons. The topological polar surface area (TPSA) is 77.5 Å². The molecule has 0 amide bonds. The largest absolute Gasteiger partial charge is 0.343 e. The number of aryl methyl sites for hydroxylation is 4. The van der Waals surface area contributed by atoms with Crippen molar-refractivity contribution in [2.24, 2.45) is 7.05 Å². The summed E-state index contributed by atoms with van der Waals surface area (Å²) in [6.45, 7) is 2.65. The van der Waals surface area contributed by atoms with E-state index in [1.54, 1.807) is 0 Å². The molecule has 0 radical (unpaired) electrons. The Morgan fingerprint density at radius 2 is 2.33 bits per heavy atom. The summed E-state index contributed by atoms with van der Waals surface area (Å²) in [5.74, 6) is 0.671. The van der Waals surface area contributed by atoms with Crippen molar-refractivity contribution in [3.05, 3.63) is 22.7 Å². The molecule has 0 aliphatic rings. The van der Waals surface area contributed by atoms with Gasteiger partial charge in [0.1, 0.15) is 5.52 Å². The maximum absolute atomic E-state index is 5.32. The van der Waals surface area contributed by atoms with E-state index in [4.69, 9.17) is 16.7 Å². The number of aromatic nitrogens is 6. The Kier molecular flexibility index (Phi) is 2.51. The number of hydrogen-bond donors (Lipinski definition) is 1. The molecule has 0 aliphatic heterocycles. The number of nitrogens with one attached hydrogen (secondary N) is 1. The predicted molar refractivity (Wildman–Crippen MR) is 66.6 cm³/mol. The molecule has 3 aromatic heterocycles. The molecule has 0 atom stereocenters. The van der Waals surface area contributed by atoms with Crippen molar-refractivity contribution in [2.45, 2.75) is 19.9 Å². The van der Waals surface area contributed by atoms with Crippen LogP contribution in [0.5, 0.6) is 0 Å². The van der Waals surface area contributed by atoms with Crippen LogP contribution in [-0.4, -0.2) is 29.5 Å². The van der Waals surface area contributed by atoms with Gasteiger partial charge in [0.2, 0.25) is 6.39 Å². The van der Waals surface area contributed by atoms with Crippen molar-refractivity contribution in [3.8, 4) is 0 Å². The second kappa shape index (κ2) is 4.05. The fraction of sp³-hybridized carbons (Fsp3) is 0.400. The van der Waals surface area contributed by atoms with Crippen molar-refractivity contribution in [2.75, 3.05) is 0 Å². The van der Waals surface area contributed by atoms with Crippen LogP contribution in [0.1, 0.15) is 11.5 Å². The number of aromatic amines is 1. The van der Waals surface area contributed by atoms with Crippen LogP contribution in [0.15, 0.2) is 10.9 Å². The van der Waals surface area contributed by atoms with Crippen LogP contribution in [-0.2, 0) is 20.0 Å². The van der Waals surface area contributed by atoms with Crippen LogP contribution in [0.3, 0.4) is 0 Å². The lowest BCUT2D eigenvalue weighted by Gasteiger charge is -2.02. The van der Waals surface area contributed by atoms with Crippen molar-refractivity contribution >= 4 is 23.4 Å². The molecule has 0 saturated carbocycles. The third kappa shape index (κ3) is 1.65. The molecular weight excluding hydrogens is 252 g/mol. The highest BCUT2D eigenvalue weighted by Gasteiger charge is 2.12. The van der Waals surface area contributed by atoms with Crippen LogP contribution in [0, 0.1) is 11.7 Å². The second-order valence-corrected chi connectivity index (χ2v) is 4.47. The van der Waals surface area contributed by atoms with Crippen molar-refractivity contribution < 1.29 is 4.52 Å². The minimum atomic E-state index is 0.669. The number of rotatable bonds is 3. The molecule has 0 spiro atoms. The average molecular weight is 264 g/mol. The van der Waals surface area contributed by atoms with E-state index in [-0.39, 0.29) is 0 Å². The zero-order valence-corrected chi connectivity index (χ0v) is 10.9. The van der Waals surface area contributed by atoms with E-state index in [1.165, 1.54) is 6.39 Å². The van der Waals surface area contributed by atoms with Gasteiger partial charge in [0.15, 0.2) is 16.2 Å². The van der Waals surface area contributed by atoms with Crippen molar-refractivity contribution in [1.82, 2.24) is 29.5 Å². The molecule has 0 aliphatic carbocycles. The van der Waals surface area contributed by atoms with Gasteiger partial charge in [0, 0.05) is 20.0 Å². The first-order valence-electron chi connectivity index (χ1n) is 5.54. The van der Waals surface area contributed by atoms with E-state index in [1.807, 2.05) is 23.2 Å². The van der Waals surface area contributed by atoms with Gasteiger partial charge in [-0.1, -0.05) is 5.16 Å². The lowest BCUT2D eigenvalue weighted by atomic mass is 10.4. The van der Waals surface area contributed by atoms with Gasteiger partial charge in [0.05, 0.1) is 5.69 Å². The third-order valence-corrected chi connectivity index (χ3v) is 3.21. The molecular formula is C10H12N6OS. The lowest BCUT2D eigenvalue weighted by Crippen LogP contribution is -2.06. The summed E-state index contributed by atoms with van der Waals surface area (Å²) in [4.78, 5) is 7.17. The Morgan fingerprint density at radius 1 is 1.50 bits per heavy atom. The number of nitrogens with zero attached hydrogens (tertiary/aromatic N) is 5. The Hall–Kier alpha value is -1.96. The SMILES string of the molecule is Cc1nn(C)c2c1[nH]c(=S)n2CCc1ncon1. The van der Waals surface area contributed by atoms with Crippen molar-refractivity contribution in [1.29, 1.82) is 0 Å². The summed E-state index contributed by atoms with van der Waals surface area (Å²) in [5, 5.41) is 8.15. The average Bonchev–Trinajstić information content (AvgIpc) is 2.98. The summed E-state index contributed by atoms with van der Waals surface area (Å²) in [7, 11) is 1.91. The standard InChI is InChI=1S/C10H12N6OS/c1-6-8-9(15(2)13-6)16(10(18)12-8)4-3-7-11-5-17-14-7/h5H,3-4H2,1-2H3,(H,12,18). The maximum atomic E-state index is 5.32. The highest BCUT2D eigenvalue weighted by molar-refractivity contribution is 7.71. The van der Waals surface area contributed by atoms with Crippen LogP contribution in [0.4, 0.5) is 0 Å². The van der Waals surface area contributed by atoms with E-state index < -0.39 is 0 Å². The second-order valence-electron chi connectivity index (χ2n) is 4.09. The molecule has 1 N–H and O–H groups in total. The summed E-state index contributed by atoms with van der Waals surface area (Å²) in [6.07, 6.45) is 2.00. The number of imidazole rings is 1. The number of H-pyrrole nitrogens is 1. The summed E-state index contributed by atoms with van der Waals surface area (Å²) < 4.78 is 9.22. The number of fused-ring (bicyclic) bond motifs is 1. The molecule has 0 unspecified atom stereocenters. The molecule has 3 heterocycles. The molecule has 3 aromatic rings. The van der Waals surface area contributed by atoms with E-state index >= 15 is 0 Å². The van der Waals surface area contributed by atoms with E-state index in [9.17, 15) is 0 Å². The highest BCUT2D eigenvalue weighted by atomic mass is 32.1. The minimum absolute atomic E-state index is 0.669. The molecule has 0 fully saturated rings. The van der Waals surface area contributed by atoms with Crippen LogP contribution < -0.4 is 0 Å². The van der Waals surface area contributed by atoms with Gasteiger partial charge in [-0.3, -0.25) is 4.68 Å². The third-order valence-electron chi connectivity index (χ3n) is 2.89. The van der Waals surface area contributed by atoms with Crippen LogP contribution >= 0.6 is 12.2 Å². The number of hydrogen-bond acceptors (Lipinski definition) is 5. The molecule has 18 heavy (non-hydrogen) atoms. The van der Waals surface area contributed by atoms with Gasteiger partial charge < -0.3 is 14.1 Å². The van der Waals surface area contributed by atoms with E-state index in [0.717, 1.165) is 16.9 Å². The lowest BCUT2D eigenvalue weighted by molar-refractivity contribution is 0.408. The van der Waals surface area contributed by atoms with Gasteiger partial charge in [0.25, 0.3) is 0 Å². The monoisotopic (exact) mass is 264 g/mol. The van der Waals surface area contributed by atoms with Gasteiger partial charge >= 0.3 is 0 Å². The summed E-state index contributed by atoms with van der Waals surface area (Å²) in [6, 6.07) is 0. The molecule has 7 nitrogen and oxygen atoms in total. The van der Waals surface area contributed by atoms with Gasteiger partial charge in [-0.05, 0) is 19.1 Å². The zero-order valence-electron chi connectivity index (χ0n) is 10.0. The Labute approximate surface area is 107 Å². The molecule has 0 saturated heterocycles. The molecule has 0 bridgehead atoms. The quantitative estimate of drug-likeness (QED) is 0.723. The van der Waals surface area contributed by atoms with Gasteiger partial charge in [-0.25, -0.2) is 0 Å². The van der Waals surface area contributed by atoms with E-state index in [2.05, 4.69) is 20.2 Å². The maximum Gasteiger partial charge on any atom is 0.213 e. The fourth-order valence-electron chi connectivity index (χ4n) is 2.09. The Bertz CT molecular complexity index is 734. The molecule has 0 aromatic carbocycles. The molecule has 8 heteroatoms. The predicted octanol–water partition coefficient (Wildman–Crippen LogP) is 1.37. The summed E-state index contributed by atoms with van der Waals surface area (Å²) >= 11 is 5.32. The smallest absolute Gasteiger partial charge is 0.213 e. The van der Waals surface area contributed by atoms with Crippen LogP contribution in [0.25, 0.3) is 11.2 Å². The fourth-order valence-corrected chi connectivity index (χ4v) is 2.37. The Morgan fingerprint density at radius 3 is 3.06 bits per heavy atom. The Balaban J connectivity index is 2.00. The highest BCUT2D eigenvalue weighted by Crippen LogP contribution is 2.17. The summed E-state index contributed by atoms with van der Waals surface area (Å²) in [5.41, 5.74) is 2.91. The van der Waals surface area contributed by atoms with Gasteiger partial charge in [-0.2, -0.15) is 10.1 Å². The normalized spacial score (nSPS) is 11.4. The van der Waals surface area contributed by atoms with E-state index in [0.29, 0.717) is 23.6 Å². The van der Waals surface area contributed by atoms with Gasteiger partial charge in [-0.15, -0.1) is 0 Å². The zero-order chi connectivity index (χ0) is 12.7. The van der Waals surface area contributed by atoms with Crippen molar-refractivity contribution in [3.63, 3.8) is 0 Å². The first-order chi connectivity index (χ1) is 8.66. The molecule has 3 rings (SSSR count).